The Morgan fingerprint density at radius 1 is 0.971 bits per heavy atom. The van der Waals surface area contributed by atoms with Crippen molar-refractivity contribution in [3.05, 3.63) is 88.4 Å². The van der Waals surface area contributed by atoms with Gasteiger partial charge in [0.2, 0.25) is 0 Å². The first-order chi connectivity index (χ1) is 17.0. The Morgan fingerprint density at radius 3 is 2.26 bits per heavy atom. The van der Waals surface area contributed by atoms with Crippen molar-refractivity contribution in [2.24, 2.45) is 5.92 Å². The van der Waals surface area contributed by atoms with Crippen molar-refractivity contribution < 1.29 is 24.2 Å². The number of aliphatic carboxylic acids is 1. The molecule has 3 aromatic rings. The molecule has 1 saturated carbocycles. The molecule has 35 heavy (non-hydrogen) atoms. The molecule has 180 valence electrons. The van der Waals surface area contributed by atoms with Crippen molar-refractivity contribution >= 4 is 23.7 Å². The zero-order valence-corrected chi connectivity index (χ0v) is 19.8. The zero-order valence-electron chi connectivity index (χ0n) is 19.1. The molecule has 2 aliphatic rings. The van der Waals surface area contributed by atoms with Crippen LogP contribution in [0.15, 0.2) is 66.7 Å². The van der Waals surface area contributed by atoms with Gasteiger partial charge in [-0.2, -0.15) is 0 Å². The van der Waals surface area contributed by atoms with Crippen LogP contribution in [0.2, 0.25) is 5.02 Å². The first-order valence-corrected chi connectivity index (χ1v) is 12.1. The fourth-order valence-corrected chi connectivity index (χ4v) is 4.74. The number of rotatable bonds is 9. The first kappa shape index (κ1) is 23.2. The lowest BCUT2D eigenvalue weighted by Crippen LogP contribution is -2.43. The summed E-state index contributed by atoms with van der Waals surface area (Å²) in [6.07, 6.45) is 1.54. The number of carbonyl (C=O) groups excluding carboxylic acids is 1. The van der Waals surface area contributed by atoms with Crippen LogP contribution < -0.4 is 10.1 Å². The molecular formula is C28H26ClNO5. The Balaban J connectivity index is 1.25. The topological polar surface area (TPSA) is 84.9 Å². The molecule has 2 N–H and O–H groups in total. The number of benzene rings is 3. The van der Waals surface area contributed by atoms with Gasteiger partial charge >= 0.3 is 12.1 Å². The Labute approximate surface area is 208 Å². The molecule has 1 amide bonds. The van der Waals surface area contributed by atoms with Crippen LogP contribution in [0, 0.1) is 5.92 Å². The highest BCUT2D eigenvalue weighted by Crippen LogP contribution is 2.44. The molecule has 0 saturated heterocycles. The van der Waals surface area contributed by atoms with E-state index in [0.29, 0.717) is 28.9 Å². The van der Waals surface area contributed by atoms with E-state index in [2.05, 4.69) is 17.4 Å². The normalized spacial score (nSPS) is 15.1. The minimum Gasteiger partial charge on any atom is -0.493 e. The Hall–Kier alpha value is -3.51. The van der Waals surface area contributed by atoms with Gasteiger partial charge in [-0.3, -0.25) is 0 Å². The Bertz CT molecular complexity index is 1210. The number of carbonyl (C=O) groups is 2. The third kappa shape index (κ3) is 5.28. The molecule has 7 heteroatoms. The van der Waals surface area contributed by atoms with Crippen LogP contribution in [0.4, 0.5) is 4.79 Å². The van der Waals surface area contributed by atoms with E-state index in [1.807, 2.05) is 36.4 Å². The molecule has 1 fully saturated rings. The number of carboxylic acid groups (broad SMARTS) is 1. The van der Waals surface area contributed by atoms with Crippen LogP contribution in [-0.2, 0) is 16.0 Å². The molecule has 0 spiro atoms. The van der Waals surface area contributed by atoms with Crippen molar-refractivity contribution in [1.82, 2.24) is 5.32 Å². The average Bonchev–Trinajstić information content (AvgIpc) is 3.63. The predicted octanol–water partition coefficient (Wildman–Crippen LogP) is 5.66. The first-order valence-electron chi connectivity index (χ1n) is 11.7. The number of hydrogen-bond donors (Lipinski definition) is 2. The standard InChI is InChI=1S/C28H26ClNO5/c29-19-11-12-26(34-15-17-9-10-17)18(13-19)14-25(27(31)32)30-28(33)35-16-24-22-7-3-1-5-20(22)21-6-2-4-8-23(21)24/h1-8,11-13,17,24-25H,9-10,14-16H2,(H,30,33)(H,31,32)/t25-/m0/s1. The van der Waals surface area contributed by atoms with Gasteiger partial charge in [0.05, 0.1) is 6.61 Å². The van der Waals surface area contributed by atoms with Crippen LogP contribution in [0.5, 0.6) is 5.75 Å². The molecule has 3 aromatic carbocycles. The summed E-state index contributed by atoms with van der Waals surface area (Å²) in [4.78, 5) is 24.6. The van der Waals surface area contributed by atoms with Gasteiger partial charge in [0.15, 0.2) is 0 Å². The van der Waals surface area contributed by atoms with Gasteiger partial charge in [0.1, 0.15) is 18.4 Å². The van der Waals surface area contributed by atoms with Gasteiger partial charge in [-0.1, -0.05) is 60.1 Å². The van der Waals surface area contributed by atoms with Crippen molar-refractivity contribution in [3.8, 4) is 16.9 Å². The van der Waals surface area contributed by atoms with Crippen LogP contribution in [-0.4, -0.2) is 36.4 Å². The fraction of sp³-hybridized carbons (Fsp3) is 0.286. The Morgan fingerprint density at radius 2 is 1.63 bits per heavy atom. The summed E-state index contributed by atoms with van der Waals surface area (Å²) >= 11 is 6.15. The number of alkyl carbamates (subject to hydrolysis) is 1. The lowest BCUT2D eigenvalue weighted by atomic mass is 9.98. The molecule has 0 radical (unpaired) electrons. The molecule has 5 rings (SSSR count). The van der Waals surface area contributed by atoms with Crippen molar-refractivity contribution in [3.63, 3.8) is 0 Å². The molecule has 0 unspecified atom stereocenters. The summed E-state index contributed by atoms with van der Waals surface area (Å²) in [5.41, 5.74) is 5.06. The van der Waals surface area contributed by atoms with Crippen LogP contribution in [0.3, 0.4) is 0 Å². The molecule has 2 aliphatic carbocycles. The smallest absolute Gasteiger partial charge is 0.407 e. The molecule has 0 aromatic heterocycles. The van der Waals surface area contributed by atoms with E-state index in [0.717, 1.165) is 35.1 Å². The van der Waals surface area contributed by atoms with E-state index in [-0.39, 0.29) is 18.9 Å². The lowest BCUT2D eigenvalue weighted by molar-refractivity contribution is -0.139. The minimum absolute atomic E-state index is 0.0279. The zero-order chi connectivity index (χ0) is 24.4. The number of carboxylic acids is 1. The van der Waals surface area contributed by atoms with Gasteiger partial charge in [0.25, 0.3) is 0 Å². The number of amides is 1. The van der Waals surface area contributed by atoms with E-state index in [1.165, 1.54) is 0 Å². The molecule has 6 nitrogen and oxygen atoms in total. The highest BCUT2D eigenvalue weighted by Gasteiger charge is 2.30. The summed E-state index contributed by atoms with van der Waals surface area (Å²) in [6.45, 7) is 0.700. The number of ether oxygens (including phenoxy) is 2. The highest BCUT2D eigenvalue weighted by atomic mass is 35.5. The summed E-state index contributed by atoms with van der Waals surface area (Å²) < 4.78 is 11.4. The van der Waals surface area contributed by atoms with Crippen LogP contribution >= 0.6 is 11.6 Å². The van der Waals surface area contributed by atoms with Gasteiger partial charge in [-0.15, -0.1) is 0 Å². The number of fused-ring (bicyclic) bond motifs is 3. The van der Waals surface area contributed by atoms with Crippen molar-refractivity contribution in [2.45, 2.75) is 31.2 Å². The summed E-state index contributed by atoms with van der Waals surface area (Å²) in [6, 6.07) is 20.0. The molecule has 0 heterocycles. The lowest BCUT2D eigenvalue weighted by Gasteiger charge is -2.19. The molecule has 1 atom stereocenters. The van der Waals surface area contributed by atoms with Crippen LogP contribution in [0.1, 0.15) is 35.4 Å². The summed E-state index contributed by atoms with van der Waals surface area (Å²) in [5, 5.41) is 12.7. The second kappa shape index (κ2) is 10.0. The maximum absolute atomic E-state index is 12.6. The van der Waals surface area contributed by atoms with E-state index in [1.54, 1.807) is 18.2 Å². The molecular weight excluding hydrogens is 466 g/mol. The van der Waals surface area contributed by atoms with E-state index in [9.17, 15) is 14.7 Å². The molecule has 0 bridgehead atoms. The fourth-order valence-electron chi connectivity index (χ4n) is 4.54. The SMILES string of the molecule is O=C(N[C@@H](Cc1cc(Cl)ccc1OCC1CC1)C(=O)O)OCC1c2ccccc2-c2ccccc21. The second-order valence-electron chi connectivity index (χ2n) is 9.07. The number of halogens is 1. The Kier molecular flexibility index (Phi) is 6.64. The average molecular weight is 492 g/mol. The van der Waals surface area contributed by atoms with Gasteiger partial charge in [-0.05, 0) is 64.8 Å². The molecule has 0 aliphatic heterocycles. The maximum atomic E-state index is 12.6. The third-order valence-electron chi connectivity index (χ3n) is 6.55. The quantitative estimate of drug-likeness (QED) is 0.403. The minimum atomic E-state index is -1.19. The largest absolute Gasteiger partial charge is 0.493 e. The second-order valence-corrected chi connectivity index (χ2v) is 9.51. The van der Waals surface area contributed by atoms with Crippen molar-refractivity contribution in [2.75, 3.05) is 13.2 Å². The maximum Gasteiger partial charge on any atom is 0.407 e. The van der Waals surface area contributed by atoms with E-state index in [4.69, 9.17) is 21.1 Å². The summed E-state index contributed by atoms with van der Waals surface area (Å²) in [7, 11) is 0. The highest BCUT2D eigenvalue weighted by molar-refractivity contribution is 6.30. The number of nitrogens with one attached hydrogen (secondary N) is 1. The predicted molar refractivity (Wildman–Crippen MR) is 133 cm³/mol. The third-order valence-corrected chi connectivity index (χ3v) is 6.79. The van der Waals surface area contributed by atoms with Gasteiger partial charge in [0, 0.05) is 17.4 Å². The van der Waals surface area contributed by atoms with Crippen LogP contribution in [0.25, 0.3) is 11.1 Å². The van der Waals surface area contributed by atoms with Gasteiger partial charge in [-0.25, -0.2) is 9.59 Å². The van der Waals surface area contributed by atoms with E-state index < -0.39 is 18.1 Å². The number of hydrogen-bond acceptors (Lipinski definition) is 4. The monoisotopic (exact) mass is 491 g/mol. The van der Waals surface area contributed by atoms with Gasteiger partial charge < -0.3 is 19.9 Å². The summed E-state index contributed by atoms with van der Waals surface area (Å²) in [5.74, 6) is -0.131. The van der Waals surface area contributed by atoms with Crippen molar-refractivity contribution in [1.29, 1.82) is 0 Å². The van der Waals surface area contributed by atoms with E-state index >= 15 is 0 Å².